The molecule has 0 saturated heterocycles. The second-order valence-corrected chi connectivity index (χ2v) is 2.18. The average Bonchev–Trinajstić information content (AvgIpc) is 2.01. The Morgan fingerprint density at radius 1 is 1.55 bits per heavy atom. The van der Waals surface area contributed by atoms with E-state index < -0.39 is 0 Å². The Kier molecular flexibility index (Phi) is 5.78. The van der Waals surface area contributed by atoms with Crippen LogP contribution in [0.4, 0.5) is 0 Å². The summed E-state index contributed by atoms with van der Waals surface area (Å²) >= 11 is 0. The first-order chi connectivity index (χ1) is 5.20. The van der Waals surface area contributed by atoms with Gasteiger partial charge in [-0.15, -0.1) is 0 Å². The summed E-state index contributed by atoms with van der Waals surface area (Å²) in [7, 11) is 0. The van der Waals surface area contributed by atoms with Gasteiger partial charge in [-0.1, -0.05) is 6.92 Å². The fraction of sp³-hybridized carbons (Fsp3) is 0.857. The number of hydrogen-bond donors (Lipinski definition) is 1. The smallest absolute Gasteiger partial charge is 0.307 e. The molecule has 11 heavy (non-hydrogen) atoms. The molecule has 66 valence electrons. The van der Waals surface area contributed by atoms with Crippen LogP contribution in [0.3, 0.4) is 0 Å². The molecule has 4 nitrogen and oxygen atoms in total. The van der Waals surface area contributed by atoms with Gasteiger partial charge in [0.2, 0.25) is 0 Å². The van der Waals surface area contributed by atoms with Crippen molar-refractivity contribution in [3.05, 3.63) is 0 Å². The lowest BCUT2D eigenvalue weighted by Crippen LogP contribution is -2.32. The summed E-state index contributed by atoms with van der Waals surface area (Å²) in [5.41, 5.74) is 0. The van der Waals surface area contributed by atoms with Crippen LogP contribution in [0.2, 0.25) is 0 Å². The molecule has 0 unspecified atom stereocenters. The van der Waals surface area contributed by atoms with Gasteiger partial charge in [0.15, 0.2) is 0 Å². The summed E-state index contributed by atoms with van der Waals surface area (Å²) in [4.78, 5) is 10.8. The zero-order valence-electron chi connectivity index (χ0n) is 7.17. The summed E-state index contributed by atoms with van der Waals surface area (Å²) in [6, 6.07) is 0. The number of rotatable bonds is 5. The minimum absolute atomic E-state index is 0.184. The van der Waals surface area contributed by atoms with Gasteiger partial charge in [0.25, 0.3) is 0 Å². The molecule has 0 fully saturated rings. The van der Waals surface area contributed by atoms with Gasteiger partial charge >= 0.3 is 5.97 Å². The normalized spacial score (nSPS) is 10.2. The lowest BCUT2D eigenvalue weighted by molar-refractivity contribution is -0.143. The number of hydrogen-bond acceptors (Lipinski definition) is 4. The molecule has 0 rings (SSSR count). The van der Waals surface area contributed by atoms with Crippen molar-refractivity contribution in [3.63, 3.8) is 0 Å². The van der Waals surface area contributed by atoms with Crippen LogP contribution in [0.1, 0.15) is 20.3 Å². The van der Waals surface area contributed by atoms with E-state index in [1.165, 1.54) is 0 Å². The molecule has 0 heterocycles. The number of ether oxygens (including phenoxy) is 1. The van der Waals surface area contributed by atoms with E-state index in [0.717, 1.165) is 6.54 Å². The van der Waals surface area contributed by atoms with E-state index in [0.29, 0.717) is 19.6 Å². The predicted molar refractivity (Wildman–Crippen MR) is 42.7 cm³/mol. The van der Waals surface area contributed by atoms with Gasteiger partial charge in [0.05, 0.1) is 13.0 Å². The van der Waals surface area contributed by atoms with E-state index in [-0.39, 0.29) is 5.97 Å². The van der Waals surface area contributed by atoms with Gasteiger partial charge in [-0.05, 0) is 6.92 Å². The molecular formula is C7H16N2O2. The van der Waals surface area contributed by atoms with Gasteiger partial charge in [0.1, 0.15) is 0 Å². The molecule has 4 heteroatoms. The van der Waals surface area contributed by atoms with Gasteiger partial charge in [-0.25, -0.2) is 5.01 Å². The van der Waals surface area contributed by atoms with Crippen LogP contribution in [0.15, 0.2) is 0 Å². The highest BCUT2D eigenvalue weighted by molar-refractivity contribution is 5.69. The third-order valence-electron chi connectivity index (χ3n) is 1.31. The summed E-state index contributed by atoms with van der Waals surface area (Å²) in [5.74, 6) is 5.26. The molecule has 0 aliphatic heterocycles. The van der Waals surface area contributed by atoms with E-state index in [1.54, 1.807) is 11.9 Å². The fourth-order valence-electron chi connectivity index (χ4n) is 0.626. The number of hydrazine groups is 1. The van der Waals surface area contributed by atoms with Crippen molar-refractivity contribution in [3.8, 4) is 0 Å². The van der Waals surface area contributed by atoms with Crippen molar-refractivity contribution in [1.82, 2.24) is 5.01 Å². The monoisotopic (exact) mass is 160 g/mol. The first kappa shape index (κ1) is 10.4. The lowest BCUT2D eigenvalue weighted by atomic mass is 10.4. The molecule has 0 radical (unpaired) electrons. The number of carbonyl (C=O) groups excluding carboxylic acids is 1. The molecule has 0 atom stereocenters. The van der Waals surface area contributed by atoms with Crippen molar-refractivity contribution in [2.45, 2.75) is 20.3 Å². The fourth-order valence-corrected chi connectivity index (χ4v) is 0.626. The molecular weight excluding hydrogens is 144 g/mol. The van der Waals surface area contributed by atoms with Crippen LogP contribution in [0, 0.1) is 0 Å². The van der Waals surface area contributed by atoms with Crippen LogP contribution < -0.4 is 5.84 Å². The topological polar surface area (TPSA) is 55.6 Å². The van der Waals surface area contributed by atoms with E-state index in [4.69, 9.17) is 10.6 Å². The Morgan fingerprint density at radius 3 is 2.64 bits per heavy atom. The van der Waals surface area contributed by atoms with Crippen LogP contribution in [-0.2, 0) is 9.53 Å². The molecule has 0 aliphatic carbocycles. The van der Waals surface area contributed by atoms with Crippen molar-refractivity contribution in [1.29, 1.82) is 0 Å². The highest BCUT2D eigenvalue weighted by Crippen LogP contribution is 1.87. The summed E-state index contributed by atoms with van der Waals surface area (Å²) in [6.07, 6.45) is 0.373. The maximum atomic E-state index is 10.8. The van der Waals surface area contributed by atoms with Gasteiger partial charge < -0.3 is 4.74 Å². The Balaban J connectivity index is 3.30. The second kappa shape index (κ2) is 6.12. The highest BCUT2D eigenvalue weighted by Gasteiger charge is 2.02. The Morgan fingerprint density at radius 2 is 2.18 bits per heavy atom. The van der Waals surface area contributed by atoms with Crippen LogP contribution in [0.5, 0.6) is 0 Å². The van der Waals surface area contributed by atoms with Crippen LogP contribution in [0.25, 0.3) is 0 Å². The molecule has 0 aromatic carbocycles. The minimum Gasteiger partial charge on any atom is -0.466 e. The zero-order chi connectivity index (χ0) is 8.69. The van der Waals surface area contributed by atoms with Crippen molar-refractivity contribution >= 4 is 5.97 Å². The van der Waals surface area contributed by atoms with Crippen molar-refractivity contribution in [2.24, 2.45) is 5.84 Å². The summed E-state index contributed by atoms with van der Waals surface area (Å²) < 4.78 is 4.72. The molecule has 0 aromatic rings. The lowest BCUT2D eigenvalue weighted by Gasteiger charge is -2.11. The maximum absolute atomic E-state index is 10.8. The molecule has 2 N–H and O–H groups in total. The SMILES string of the molecule is CCOC(=O)CCN(N)CC. The van der Waals surface area contributed by atoms with E-state index >= 15 is 0 Å². The predicted octanol–water partition coefficient (Wildman–Crippen LogP) is 0.135. The van der Waals surface area contributed by atoms with E-state index in [2.05, 4.69) is 0 Å². The first-order valence-corrected chi connectivity index (χ1v) is 3.86. The van der Waals surface area contributed by atoms with Gasteiger partial charge in [-0.3, -0.25) is 10.6 Å². The standard InChI is InChI=1S/C7H16N2O2/c1-3-9(8)6-5-7(10)11-4-2/h3-6,8H2,1-2H3. The van der Waals surface area contributed by atoms with Crippen LogP contribution >= 0.6 is 0 Å². The Hall–Kier alpha value is -0.610. The number of carbonyl (C=O) groups is 1. The summed E-state index contributed by atoms with van der Waals surface area (Å²) in [5, 5.41) is 1.58. The second-order valence-electron chi connectivity index (χ2n) is 2.18. The molecule has 0 aromatic heterocycles. The molecule has 0 aliphatic rings. The van der Waals surface area contributed by atoms with E-state index in [1.807, 2.05) is 6.92 Å². The minimum atomic E-state index is -0.184. The van der Waals surface area contributed by atoms with Crippen LogP contribution in [-0.4, -0.2) is 30.7 Å². The quantitative estimate of drug-likeness (QED) is 0.353. The van der Waals surface area contributed by atoms with E-state index in [9.17, 15) is 4.79 Å². The molecule has 0 amide bonds. The number of nitrogens with zero attached hydrogens (tertiary/aromatic N) is 1. The average molecular weight is 160 g/mol. The van der Waals surface area contributed by atoms with Gasteiger partial charge in [-0.2, -0.15) is 0 Å². The Bertz CT molecular complexity index is 117. The zero-order valence-corrected chi connectivity index (χ0v) is 7.17. The largest absolute Gasteiger partial charge is 0.466 e. The van der Waals surface area contributed by atoms with Gasteiger partial charge in [0, 0.05) is 13.1 Å². The Labute approximate surface area is 67.3 Å². The molecule has 0 spiro atoms. The number of nitrogens with two attached hydrogens (primary N) is 1. The molecule has 0 saturated carbocycles. The molecule has 0 bridgehead atoms. The third-order valence-corrected chi connectivity index (χ3v) is 1.31. The third kappa shape index (κ3) is 5.82. The first-order valence-electron chi connectivity index (χ1n) is 3.86. The van der Waals surface area contributed by atoms with Crippen molar-refractivity contribution < 1.29 is 9.53 Å². The maximum Gasteiger partial charge on any atom is 0.307 e. The number of esters is 1. The van der Waals surface area contributed by atoms with Crippen molar-refractivity contribution in [2.75, 3.05) is 19.7 Å². The highest BCUT2D eigenvalue weighted by atomic mass is 16.5. The summed E-state index contributed by atoms with van der Waals surface area (Å²) in [6.45, 7) is 5.48.